The fourth-order valence-corrected chi connectivity index (χ4v) is 17.3. The van der Waals surface area contributed by atoms with E-state index in [1.165, 1.54) is 87.9 Å². The van der Waals surface area contributed by atoms with E-state index in [2.05, 4.69) is 47.4 Å². The SMILES string of the molecule is Cc1ccc(-c2[c-]cccc2)nc1.O=P(c1[c-]cccc1)(C12CC3CC(CC(C3)C1)C2)C12CC3CC(CC(C3)C1)C2.[Ir]. The van der Waals surface area contributed by atoms with E-state index >= 15 is 4.57 Å². The summed E-state index contributed by atoms with van der Waals surface area (Å²) in [6, 6.07) is 27.2. The van der Waals surface area contributed by atoms with Gasteiger partial charge in [-0.3, -0.25) is 0 Å². The van der Waals surface area contributed by atoms with Crippen LogP contribution in [-0.4, -0.2) is 15.3 Å². The third kappa shape index (κ3) is 4.76. The molecule has 2 aromatic carbocycles. The van der Waals surface area contributed by atoms with Gasteiger partial charge >= 0.3 is 0 Å². The molecule has 0 aliphatic heterocycles. The predicted octanol–water partition coefficient (Wildman–Crippen LogP) is 9.27. The summed E-state index contributed by atoms with van der Waals surface area (Å²) in [6.45, 7) is 2.03. The van der Waals surface area contributed by atoms with Crippen LogP contribution < -0.4 is 5.30 Å². The number of benzene rings is 2. The van der Waals surface area contributed by atoms with Crippen LogP contribution in [0.4, 0.5) is 0 Å². The molecular formula is C38H44IrNOP-2. The van der Waals surface area contributed by atoms with Crippen molar-refractivity contribution in [3.05, 3.63) is 84.6 Å². The second-order valence-electron chi connectivity index (χ2n) is 15.1. The zero-order chi connectivity index (χ0) is 27.7. The van der Waals surface area contributed by atoms with E-state index in [4.69, 9.17) is 0 Å². The minimum Gasteiger partial charge on any atom is -0.320 e. The second kappa shape index (κ2) is 11.1. The van der Waals surface area contributed by atoms with Crippen LogP contribution in [0, 0.1) is 54.6 Å². The normalized spacial score (nSPS) is 38.2. The summed E-state index contributed by atoms with van der Waals surface area (Å²) in [6.07, 6.45) is 18.2. The molecule has 11 rings (SSSR count). The van der Waals surface area contributed by atoms with Crippen molar-refractivity contribution in [1.82, 2.24) is 4.98 Å². The summed E-state index contributed by atoms with van der Waals surface area (Å²) in [5.41, 5.74) is 3.20. The van der Waals surface area contributed by atoms with E-state index in [9.17, 15) is 0 Å². The quantitative estimate of drug-likeness (QED) is 0.197. The van der Waals surface area contributed by atoms with Gasteiger partial charge in [0.1, 0.15) is 7.14 Å². The molecule has 1 aromatic heterocycles. The minimum absolute atomic E-state index is 0. The molecule has 2 nitrogen and oxygen atoms in total. The van der Waals surface area contributed by atoms with Crippen molar-refractivity contribution in [2.75, 3.05) is 0 Å². The van der Waals surface area contributed by atoms with Gasteiger partial charge in [-0.2, -0.15) is 30.3 Å². The van der Waals surface area contributed by atoms with Gasteiger partial charge in [0.15, 0.2) is 0 Å². The smallest absolute Gasteiger partial charge is 0.104 e. The number of nitrogens with zero attached hydrogens (tertiary/aromatic N) is 1. The van der Waals surface area contributed by atoms with Crippen LogP contribution >= 0.6 is 7.14 Å². The molecule has 3 aromatic rings. The zero-order valence-corrected chi connectivity index (χ0v) is 28.2. The topological polar surface area (TPSA) is 30.0 Å². The molecule has 4 heteroatoms. The molecule has 1 heterocycles. The number of aryl methyl sites for hydroxylation is 1. The Hall–Kier alpha value is -1.53. The fraction of sp³-hybridized carbons (Fsp3) is 0.553. The van der Waals surface area contributed by atoms with Gasteiger partial charge in [-0.15, -0.1) is 41.2 Å². The van der Waals surface area contributed by atoms with Gasteiger partial charge < -0.3 is 9.55 Å². The molecule has 0 unspecified atom stereocenters. The Balaban J connectivity index is 0.000000175. The molecule has 8 saturated carbocycles. The first kappa shape index (κ1) is 29.2. The summed E-state index contributed by atoms with van der Waals surface area (Å²) < 4.78 is 15.9. The molecule has 8 aliphatic carbocycles. The van der Waals surface area contributed by atoms with Gasteiger partial charge in [0.25, 0.3) is 0 Å². The maximum Gasteiger partial charge on any atom is 0.104 e. The van der Waals surface area contributed by atoms with Gasteiger partial charge in [0.2, 0.25) is 0 Å². The number of hydrogen-bond acceptors (Lipinski definition) is 2. The van der Waals surface area contributed by atoms with E-state index in [0.717, 1.165) is 46.8 Å². The van der Waals surface area contributed by atoms with E-state index in [1.54, 1.807) is 0 Å². The van der Waals surface area contributed by atoms with Gasteiger partial charge in [-0.05, 0) is 131 Å². The average molecular weight is 754 g/mol. The number of pyridine rings is 1. The molecule has 8 fully saturated rings. The molecule has 0 atom stereocenters. The summed E-state index contributed by atoms with van der Waals surface area (Å²) in [7, 11) is -2.53. The summed E-state index contributed by atoms with van der Waals surface area (Å²) in [5.74, 6) is 5.23. The average Bonchev–Trinajstić information content (AvgIpc) is 2.97. The molecule has 0 amide bonds. The van der Waals surface area contributed by atoms with Crippen LogP contribution in [0.5, 0.6) is 0 Å². The van der Waals surface area contributed by atoms with Crippen LogP contribution in [0.2, 0.25) is 0 Å². The van der Waals surface area contributed by atoms with E-state index in [0.29, 0.717) is 0 Å². The van der Waals surface area contributed by atoms with E-state index in [1.807, 2.05) is 43.5 Å². The maximum absolute atomic E-state index is 15.9. The Morgan fingerprint density at radius 3 is 1.52 bits per heavy atom. The Labute approximate surface area is 266 Å². The second-order valence-corrected chi connectivity index (χ2v) is 18.7. The first-order valence-electron chi connectivity index (χ1n) is 16.4. The Bertz CT molecular complexity index is 1320. The van der Waals surface area contributed by atoms with Gasteiger partial charge in [0.05, 0.1) is 0 Å². The zero-order valence-electron chi connectivity index (χ0n) is 24.9. The number of hydrogen-bond donors (Lipinski definition) is 0. The van der Waals surface area contributed by atoms with Crippen molar-refractivity contribution in [2.45, 2.75) is 94.3 Å². The monoisotopic (exact) mass is 754 g/mol. The van der Waals surface area contributed by atoms with Gasteiger partial charge in [0, 0.05) is 36.6 Å². The van der Waals surface area contributed by atoms with Crippen molar-refractivity contribution in [2.24, 2.45) is 35.5 Å². The molecule has 0 spiro atoms. The van der Waals surface area contributed by atoms with E-state index < -0.39 is 7.14 Å². The van der Waals surface area contributed by atoms with Crippen molar-refractivity contribution >= 4 is 12.4 Å². The Morgan fingerprint density at radius 1 is 0.667 bits per heavy atom. The number of rotatable bonds is 4. The molecule has 8 bridgehead atoms. The molecule has 42 heavy (non-hydrogen) atoms. The molecule has 1 radical (unpaired) electrons. The Morgan fingerprint density at radius 2 is 1.14 bits per heavy atom. The third-order valence-electron chi connectivity index (χ3n) is 12.3. The molecule has 0 N–H and O–H groups in total. The van der Waals surface area contributed by atoms with Crippen LogP contribution in [0.3, 0.4) is 0 Å². The fourth-order valence-electron chi connectivity index (χ4n) is 11.7. The van der Waals surface area contributed by atoms with Gasteiger partial charge in [-0.1, -0.05) is 12.1 Å². The summed E-state index contributed by atoms with van der Waals surface area (Å²) >= 11 is 0. The van der Waals surface area contributed by atoms with Gasteiger partial charge in [-0.25, -0.2) is 0 Å². The predicted molar refractivity (Wildman–Crippen MR) is 168 cm³/mol. The Kier molecular flexibility index (Phi) is 7.73. The third-order valence-corrected chi connectivity index (χ3v) is 17.0. The van der Waals surface area contributed by atoms with Crippen LogP contribution in [0.25, 0.3) is 11.3 Å². The summed E-state index contributed by atoms with van der Waals surface area (Å²) in [4.78, 5) is 4.32. The molecular weight excluding hydrogens is 710 g/mol. The standard InChI is InChI=1S/C26H34OP.C12H10N.Ir/c27-28(24-4-2-1-3-5-24,25-12-18-6-19(13-25)8-20(7-18)14-25)26-15-21-9-22(16-26)11-23(10-21)17-26;1-10-7-8-12(13-9-10)11-5-3-2-4-6-11;/h1-4,18-23H,6-17H2;2-5,7-9H,1H3;/q2*-1;. The van der Waals surface area contributed by atoms with Crippen LogP contribution in [0.1, 0.15) is 82.6 Å². The molecule has 8 aliphatic rings. The minimum atomic E-state index is -2.53. The number of aromatic nitrogens is 1. The van der Waals surface area contributed by atoms with E-state index in [-0.39, 0.29) is 30.4 Å². The van der Waals surface area contributed by atoms with Crippen LogP contribution in [0.15, 0.2) is 66.9 Å². The maximum atomic E-state index is 15.9. The first-order valence-corrected chi connectivity index (χ1v) is 18.1. The molecule has 223 valence electrons. The van der Waals surface area contributed by atoms with Crippen molar-refractivity contribution in [3.8, 4) is 11.3 Å². The molecule has 0 saturated heterocycles. The van der Waals surface area contributed by atoms with Crippen LogP contribution in [-0.2, 0) is 24.7 Å². The summed E-state index contributed by atoms with van der Waals surface area (Å²) in [5, 5.41) is 1.43. The van der Waals surface area contributed by atoms with Crippen molar-refractivity contribution in [3.63, 3.8) is 0 Å². The van der Waals surface area contributed by atoms with Crippen molar-refractivity contribution in [1.29, 1.82) is 0 Å². The largest absolute Gasteiger partial charge is 0.320 e. The first-order chi connectivity index (χ1) is 19.9. The van der Waals surface area contributed by atoms with Crippen molar-refractivity contribution < 1.29 is 24.7 Å².